The summed E-state index contributed by atoms with van der Waals surface area (Å²) in [5, 5.41) is 20.7. The Bertz CT molecular complexity index is 1600. The molecule has 2 fully saturated rings. The molecule has 0 atom stereocenters. The molecule has 0 radical (unpaired) electrons. The van der Waals surface area contributed by atoms with Crippen LogP contribution in [0, 0.1) is 0 Å². The largest absolute Gasteiger partial charge is 0.478 e. The van der Waals surface area contributed by atoms with Gasteiger partial charge in [-0.05, 0) is 100 Å². The van der Waals surface area contributed by atoms with Gasteiger partial charge in [0.05, 0.1) is 28.0 Å². The topological polar surface area (TPSA) is 127 Å². The molecule has 3 heterocycles. The van der Waals surface area contributed by atoms with E-state index in [1.54, 1.807) is 24.3 Å². The fourth-order valence-electron chi connectivity index (χ4n) is 6.13. The summed E-state index contributed by atoms with van der Waals surface area (Å²) in [6.45, 7) is 5.66. The maximum Gasteiger partial charge on any atom is 0.337 e. The molecule has 4 N–H and O–H groups in total. The summed E-state index contributed by atoms with van der Waals surface area (Å²) >= 11 is 0. The van der Waals surface area contributed by atoms with Crippen LogP contribution in [-0.4, -0.2) is 76.9 Å². The summed E-state index contributed by atoms with van der Waals surface area (Å²) in [5.41, 5.74) is 3.82. The van der Waals surface area contributed by atoms with Crippen LogP contribution >= 0.6 is 0 Å². The monoisotopic (exact) mass is 594 g/mol. The molecular formula is C34H38N6O4. The van der Waals surface area contributed by atoms with Gasteiger partial charge in [-0.3, -0.25) is 9.59 Å². The predicted molar refractivity (Wildman–Crippen MR) is 174 cm³/mol. The van der Waals surface area contributed by atoms with Gasteiger partial charge >= 0.3 is 5.97 Å². The van der Waals surface area contributed by atoms with E-state index in [-0.39, 0.29) is 17.4 Å². The van der Waals surface area contributed by atoms with E-state index in [4.69, 9.17) is 4.98 Å². The zero-order valence-electron chi connectivity index (χ0n) is 24.8. The average Bonchev–Trinajstić information content (AvgIpc) is 3.74. The maximum absolute atomic E-state index is 12.7. The van der Waals surface area contributed by atoms with Crippen LogP contribution in [-0.2, 0) is 9.59 Å². The van der Waals surface area contributed by atoms with Crippen molar-refractivity contribution in [2.45, 2.75) is 38.5 Å². The standard InChI is InChI=1S/C34H38N6O4/c41-31(13-19-39-15-3-4-16-39)35-23-9-11-25-29(21-23)37-30-22-24(36-32(42)14-20-40-17-5-6-18-40)10-12-26(30)33(25)38-28-8-2-1-7-27(28)34(43)44/h1-2,7-12,21-22H,3-6,13-20H2,(H,35,41)(H,36,42)(H,37,38)(H,43,44). The number of carbonyl (C=O) groups is 3. The van der Waals surface area contributed by atoms with Crippen LogP contribution in [0.3, 0.4) is 0 Å². The van der Waals surface area contributed by atoms with Crippen LogP contribution in [0.15, 0.2) is 60.7 Å². The van der Waals surface area contributed by atoms with Crippen molar-refractivity contribution in [3.63, 3.8) is 0 Å². The number of hydrogen-bond acceptors (Lipinski definition) is 7. The lowest BCUT2D eigenvalue weighted by molar-refractivity contribution is -0.117. The molecule has 4 aromatic rings. The van der Waals surface area contributed by atoms with Crippen molar-refractivity contribution in [3.8, 4) is 0 Å². The molecule has 2 aliphatic rings. The Labute approximate surface area is 256 Å². The summed E-state index contributed by atoms with van der Waals surface area (Å²) < 4.78 is 0. The first kappa shape index (κ1) is 29.5. The van der Waals surface area contributed by atoms with Gasteiger partial charge in [-0.15, -0.1) is 0 Å². The van der Waals surface area contributed by atoms with Crippen molar-refractivity contribution >= 4 is 62.3 Å². The van der Waals surface area contributed by atoms with E-state index >= 15 is 0 Å². The second-order valence-electron chi connectivity index (χ2n) is 11.6. The summed E-state index contributed by atoms with van der Waals surface area (Å²) in [7, 11) is 0. The number of carboxylic acid groups (broad SMARTS) is 1. The summed E-state index contributed by atoms with van der Waals surface area (Å²) in [4.78, 5) is 47.0. The van der Waals surface area contributed by atoms with E-state index in [0.29, 0.717) is 46.6 Å². The van der Waals surface area contributed by atoms with Gasteiger partial charge in [0, 0.05) is 48.1 Å². The molecule has 0 unspecified atom stereocenters. The van der Waals surface area contributed by atoms with E-state index in [0.717, 1.165) is 50.0 Å². The molecule has 228 valence electrons. The quantitative estimate of drug-likeness (QED) is 0.164. The van der Waals surface area contributed by atoms with Gasteiger partial charge in [0.2, 0.25) is 11.8 Å². The molecule has 0 bridgehead atoms. The van der Waals surface area contributed by atoms with E-state index in [9.17, 15) is 19.5 Å². The molecule has 10 heteroatoms. The van der Waals surface area contributed by atoms with Crippen LogP contribution in [0.2, 0.25) is 0 Å². The number of rotatable bonds is 11. The smallest absolute Gasteiger partial charge is 0.337 e. The number of nitrogens with zero attached hydrogens (tertiary/aromatic N) is 3. The average molecular weight is 595 g/mol. The summed E-state index contributed by atoms with van der Waals surface area (Å²) in [6.07, 6.45) is 5.57. The Kier molecular flexibility index (Phi) is 8.99. The van der Waals surface area contributed by atoms with Crippen molar-refractivity contribution in [2.24, 2.45) is 0 Å². The lowest BCUT2D eigenvalue weighted by Crippen LogP contribution is -2.25. The Morgan fingerprint density at radius 2 is 1.20 bits per heavy atom. The number of fused-ring (bicyclic) bond motifs is 2. The lowest BCUT2D eigenvalue weighted by Gasteiger charge is -2.17. The number of anilines is 4. The first-order valence-corrected chi connectivity index (χ1v) is 15.4. The number of likely N-dealkylation sites (tertiary alicyclic amines) is 2. The molecular weight excluding hydrogens is 556 g/mol. The van der Waals surface area contributed by atoms with Crippen molar-refractivity contribution in [1.29, 1.82) is 0 Å². The number of nitrogens with one attached hydrogen (secondary N) is 3. The van der Waals surface area contributed by atoms with Crippen LogP contribution < -0.4 is 16.0 Å². The van der Waals surface area contributed by atoms with Crippen LogP contribution in [0.25, 0.3) is 21.8 Å². The van der Waals surface area contributed by atoms with Gasteiger partial charge < -0.3 is 30.9 Å². The van der Waals surface area contributed by atoms with Crippen LogP contribution in [0.5, 0.6) is 0 Å². The van der Waals surface area contributed by atoms with E-state index in [2.05, 4.69) is 25.8 Å². The van der Waals surface area contributed by atoms with E-state index in [1.165, 1.54) is 25.7 Å². The highest BCUT2D eigenvalue weighted by atomic mass is 16.4. The second kappa shape index (κ2) is 13.4. The molecule has 0 saturated carbocycles. The van der Waals surface area contributed by atoms with Gasteiger partial charge in [-0.2, -0.15) is 0 Å². The number of carbonyl (C=O) groups excluding carboxylic acids is 2. The van der Waals surface area contributed by atoms with E-state index < -0.39 is 5.97 Å². The molecule has 10 nitrogen and oxygen atoms in total. The third kappa shape index (κ3) is 6.98. The first-order chi connectivity index (χ1) is 21.4. The third-order valence-electron chi connectivity index (χ3n) is 8.47. The van der Waals surface area contributed by atoms with Gasteiger partial charge in [0.15, 0.2) is 0 Å². The van der Waals surface area contributed by atoms with Gasteiger partial charge in [-0.25, -0.2) is 9.78 Å². The maximum atomic E-state index is 12.7. The first-order valence-electron chi connectivity index (χ1n) is 15.4. The SMILES string of the molecule is O=C(CCN1CCCC1)Nc1ccc2c(Nc3ccccc3C(=O)O)c3ccc(NC(=O)CCN4CCCC4)cc3nc2c1. The Hall–Kier alpha value is -4.54. The molecule has 1 aromatic heterocycles. The number of aromatic nitrogens is 1. The minimum Gasteiger partial charge on any atom is -0.478 e. The van der Waals surface area contributed by atoms with E-state index in [1.807, 2.05) is 36.4 Å². The minimum atomic E-state index is -1.03. The molecule has 2 aliphatic heterocycles. The third-order valence-corrected chi connectivity index (χ3v) is 8.47. The predicted octanol–water partition coefficient (Wildman–Crippen LogP) is 5.68. The molecule has 2 saturated heterocycles. The zero-order chi connectivity index (χ0) is 30.5. The highest BCUT2D eigenvalue weighted by Gasteiger charge is 2.17. The summed E-state index contributed by atoms with van der Waals surface area (Å²) in [6, 6.07) is 17.9. The highest BCUT2D eigenvalue weighted by Crippen LogP contribution is 2.36. The van der Waals surface area contributed by atoms with Crippen molar-refractivity contribution < 1.29 is 19.5 Å². The fraction of sp³-hybridized carbons (Fsp3) is 0.353. The normalized spacial score (nSPS) is 15.5. The van der Waals surface area contributed by atoms with Crippen molar-refractivity contribution in [1.82, 2.24) is 14.8 Å². The highest BCUT2D eigenvalue weighted by molar-refractivity contribution is 6.11. The Morgan fingerprint density at radius 3 is 1.70 bits per heavy atom. The van der Waals surface area contributed by atoms with Gasteiger partial charge in [-0.1, -0.05) is 12.1 Å². The molecule has 0 aliphatic carbocycles. The number of aromatic carboxylic acids is 1. The van der Waals surface area contributed by atoms with Crippen molar-refractivity contribution in [2.75, 3.05) is 55.2 Å². The minimum absolute atomic E-state index is 0.0512. The number of para-hydroxylation sites is 1. The Balaban J connectivity index is 1.30. The van der Waals surface area contributed by atoms with Crippen LogP contribution in [0.1, 0.15) is 48.9 Å². The summed E-state index contributed by atoms with van der Waals surface area (Å²) in [5.74, 6) is -1.14. The molecule has 3 aromatic carbocycles. The number of amides is 2. The fourth-order valence-corrected chi connectivity index (χ4v) is 6.13. The Morgan fingerprint density at radius 1 is 0.705 bits per heavy atom. The zero-order valence-corrected chi connectivity index (χ0v) is 24.8. The molecule has 2 amide bonds. The second-order valence-corrected chi connectivity index (χ2v) is 11.6. The number of carboxylic acids is 1. The molecule has 6 rings (SSSR count). The number of benzene rings is 3. The lowest BCUT2D eigenvalue weighted by atomic mass is 10.1. The number of hydrogen-bond donors (Lipinski definition) is 4. The molecule has 44 heavy (non-hydrogen) atoms. The van der Waals surface area contributed by atoms with Gasteiger partial charge in [0.1, 0.15) is 0 Å². The van der Waals surface area contributed by atoms with Crippen molar-refractivity contribution in [3.05, 3.63) is 66.2 Å². The number of pyridine rings is 1. The molecule has 0 spiro atoms. The van der Waals surface area contributed by atoms with Gasteiger partial charge in [0.25, 0.3) is 0 Å². The van der Waals surface area contributed by atoms with Crippen LogP contribution in [0.4, 0.5) is 22.7 Å².